The zero-order valence-electron chi connectivity index (χ0n) is 20.8. The molecule has 0 bridgehead atoms. The average Bonchev–Trinajstić information content (AvgIpc) is 2.87. The van der Waals surface area contributed by atoms with E-state index in [1.807, 2.05) is 11.0 Å². The van der Waals surface area contributed by atoms with Crippen molar-refractivity contribution in [1.82, 2.24) is 4.90 Å². The van der Waals surface area contributed by atoms with E-state index >= 15 is 0 Å². The maximum absolute atomic E-state index is 13.7. The van der Waals surface area contributed by atoms with Gasteiger partial charge in [-0.1, -0.05) is 29.8 Å². The van der Waals surface area contributed by atoms with Crippen LogP contribution in [0, 0.1) is 11.7 Å². The zero-order valence-corrected chi connectivity index (χ0v) is 21.6. The molecule has 2 aromatic carbocycles. The highest BCUT2D eigenvalue weighted by atomic mass is 35.5. The summed E-state index contributed by atoms with van der Waals surface area (Å²) in [7, 11) is 0. The topological polar surface area (TPSA) is 68.5 Å². The number of dihydropyridines is 1. The molecule has 0 saturated carbocycles. The van der Waals surface area contributed by atoms with Crippen molar-refractivity contribution in [2.24, 2.45) is 10.9 Å². The van der Waals surface area contributed by atoms with E-state index in [2.05, 4.69) is 9.89 Å². The molecule has 0 amide bonds. The van der Waals surface area contributed by atoms with E-state index in [4.69, 9.17) is 21.4 Å². The highest BCUT2D eigenvalue weighted by Gasteiger charge is 2.41. The summed E-state index contributed by atoms with van der Waals surface area (Å²) in [4.78, 5) is 8.16. The summed E-state index contributed by atoms with van der Waals surface area (Å²) < 4.78 is 58.1. The van der Waals surface area contributed by atoms with Gasteiger partial charge in [-0.15, -0.1) is 0 Å². The minimum absolute atomic E-state index is 0.122. The lowest BCUT2D eigenvalue weighted by Crippen LogP contribution is -2.54. The number of β-amino-alcohol motifs (C(OH)–C–C–N with tert-alkyl or cyclic N) is 1. The second-order valence-electron chi connectivity index (χ2n) is 9.69. The first kappa shape index (κ1) is 28.4. The molecule has 2 N–H and O–H groups in total. The van der Waals surface area contributed by atoms with E-state index in [0.717, 1.165) is 17.3 Å². The first-order chi connectivity index (χ1) is 18.0. The molecule has 38 heavy (non-hydrogen) atoms. The van der Waals surface area contributed by atoms with Crippen molar-refractivity contribution in [3.05, 3.63) is 71.0 Å². The molecule has 2 heterocycles. The molecule has 206 valence electrons. The molecule has 1 saturated heterocycles. The largest absolute Gasteiger partial charge is 0.491 e. The molecule has 0 aromatic heterocycles. The molecule has 2 aliphatic heterocycles. The molecule has 3 atom stereocenters. The number of halogens is 5. The Morgan fingerprint density at radius 1 is 1.13 bits per heavy atom. The number of alkyl halides is 3. The van der Waals surface area contributed by atoms with Crippen molar-refractivity contribution in [3.8, 4) is 5.75 Å². The lowest BCUT2D eigenvalue weighted by atomic mass is 9.93. The van der Waals surface area contributed by atoms with Crippen LogP contribution in [0.3, 0.4) is 0 Å². The van der Waals surface area contributed by atoms with Gasteiger partial charge in [0.1, 0.15) is 23.8 Å². The highest BCUT2D eigenvalue weighted by molar-refractivity contribution is 6.33. The van der Waals surface area contributed by atoms with Gasteiger partial charge in [-0.05, 0) is 42.8 Å². The van der Waals surface area contributed by atoms with Gasteiger partial charge in [0.2, 0.25) is 0 Å². The number of rotatable bonds is 8. The van der Waals surface area contributed by atoms with E-state index in [9.17, 15) is 22.7 Å². The quantitative estimate of drug-likeness (QED) is 0.464. The molecule has 2 aliphatic rings. The van der Waals surface area contributed by atoms with Crippen LogP contribution < -0.4 is 9.64 Å². The van der Waals surface area contributed by atoms with Crippen molar-refractivity contribution in [1.29, 1.82) is 0 Å². The van der Waals surface area contributed by atoms with E-state index in [0.29, 0.717) is 30.4 Å². The Morgan fingerprint density at radius 3 is 2.47 bits per heavy atom. The van der Waals surface area contributed by atoms with Crippen LogP contribution in [0.4, 0.5) is 23.2 Å². The first-order valence-corrected chi connectivity index (χ1v) is 12.7. The Hall–Kier alpha value is -2.66. The fourth-order valence-electron chi connectivity index (χ4n) is 4.81. The maximum Gasteiger partial charge on any atom is 0.396 e. The van der Waals surface area contributed by atoms with Crippen LogP contribution in [0.1, 0.15) is 18.5 Å². The molecule has 0 radical (unpaired) electrons. The predicted molar refractivity (Wildman–Crippen MR) is 139 cm³/mol. The standard InChI is InChI=1S/C27H30ClF4N3O3/c1-26(37,25-9-4-19(15-33-25)27(30,31)32)17-34-10-11-35(24(16-34)18-2-5-20(29)6-3-18)23-8-7-21(14-22(23)28)38-13-12-36/h2-9,14,19,24,36-37H,10-13,15-17H2,1H3/t19?,24-,26+/m0/s1. The van der Waals surface area contributed by atoms with Crippen LogP contribution in [0.5, 0.6) is 5.75 Å². The van der Waals surface area contributed by atoms with Crippen LogP contribution in [0.25, 0.3) is 0 Å². The third kappa shape index (κ3) is 6.66. The number of benzene rings is 2. The SMILES string of the molecule is C[C@@](O)(CN1CCN(c2ccc(OCCO)cc2Cl)[C@H](c2ccc(F)cc2)C1)C1=NCC(C(F)(F)F)C=C1. The average molecular weight is 556 g/mol. The van der Waals surface area contributed by atoms with Gasteiger partial charge in [0.25, 0.3) is 0 Å². The van der Waals surface area contributed by atoms with Crippen molar-refractivity contribution in [3.63, 3.8) is 0 Å². The summed E-state index contributed by atoms with van der Waals surface area (Å²) in [5.41, 5.74) is 0.337. The van der Waals surface area contributed by atoms with Gasteiger partial charge >= 0.3 is 6.18 Å². The minimum atomic E-state index is -4.37. The fourth-order valence-corrected chi connectivity index (χ4v) is 5.09. The van der Waals surface area contributed by atoms with Crippen LogP contribution in [0.2, 0.25) is 5.02 Å². The van der Waals surface area contributed by atoms with Crippen LogP contribution in [-0.4, -0.2) is 78.5 Å². The van der Waals surface area contributed by atoms with E-state index in [-0.39, 0.29) is 37.3 Å². The number of piperazine rings is 1. The predicted octanol–water partition coefficient (Wildman–Crippen LogP) is 4.65. The molecule has 1 fully saturated rings. The van der Waals surface area contributed by atoms with E-state index in [1.54, 1.807) is 31.2 Å². The third-order valence-electron chi connectivity index (χ3n) is 6.76. The number of nitrogens with zero attached hydrogens (tertiary/aromatic N) is 3. The Kier molecular flexibility index (Phi) is 8.66. The Balaban J connectivity index is 1.54. The molecular formula is C27H30ClF4N3O3. The lowest BCUT2D eigenvalue weighted by molar-refractivity contribution is -0.158. The second-order valence-corrected chi connectivity index (χ2v) is 10.1. The molecule has 2 aromatic rings. The maximum atomic E-state index is 13.7. The number of anilines is 1. The summed E-state index contributed by atoms with van der Waals surface area (Å²) in [6, 6.07) is 11.2. The Labute approximate surface area is 223 Å². The van der Waals surface area contributed by atoms with E-state index < -0.39 is 24.2 Å². The summed E-state index contributed by atoms with van der Waals surface area (Å²) in [5, 5.41) is 20.6. The van der Waals surface area contributed by atoms with Gasteiger partial charge in [-0.25, -0.2) is 4.39 Å². The number of ether oxygens (including phenoxy) is 1. The number of hydrogen-bond acceptors (Lipinski definition) is 6. The summed E-state index contributed by atoms with van der Waals surface area (Å²) in [5.74, 6) is -1.49. The second kappa shape index (κ2) is 11.6. The minimum Gasteiger partial charge on any atom is -0.491 e. The van der Waals surface area contributed by atoms with Crippen molar-refractivity contribution < 1.29 is 32.5 Å². The lowest BCUT2D eigenvalue weighted by Gasteiger charge is -2.45. The number of hydrogen-bond donors (Lipinski definition) is 2. The molecule has 4 rings (SSSR count). The Morgan fingerprint density at radius 2 is 1.87 bits per heavy atom. The third-order valence-corrected chi connectivity index (χ3v) is 7.06. The van der Waals surface area contributed by atoms with Crippen LogP contribution in [-0.2, 0) is 0 Å². The number of aliphatic hydroxyl groups excluding tert-OH is 1. The summed E-state index contributed by atoms with van der Waals surface area (Å²) in [6.07, 6.45) is -2.07. The monoisotopic (exact) mass is 555 g/mol. The molecular weight excluding hydrogens is 526 g/mol. The summed E-state index contributed by atoms with van der Waals surface area (Å²) >= 11 is 6.61. The van der Waals surface area contributed by atoms with Crippen molar-refractivity contribution >= 4 is 23.0 Å². The van der Waals surface area contributed by atoms with Gasteiger partial charge < -0.3 is 19.8 Å². The molecule has 11 heteroatoms. The normalized spacial score (nSPS) is 22.2. The fraction of sp³-hybridized carbons (Fsp3) is 0.444. The van der Waals surface area contributed by atoms with Crippen molar-refractivity contribution in [2.45, 2.75) is 24.7 Å². The van der Waals surface area contributed by atoms with E-state index in [1.165, 1.54) is 18.2 Å². The highest BCUT2D eigenvalue weighted by Crippen LogP contribution is 2.38. The Bertz CT molecular complexity index is 1170. The smallest absolute Gasteiger partial charge is 0.396 e. The van der Waals surface area contributed by atoms with Crippen LogP contribution >= 0.6 is 11.6 Å². The molecule has 1 unspecified atom stereocenters. The van der Waals surface area contributed by atoms with Gasteiger partial charge in [-0.2, -0.15) is 13.2 Å². The van der Waals surface area contributed by atoms with Gasteiger partial charge in [0.15, 0.2) is 0 Å². The zero-order chi connectivity index (χ0) is 27.5. The first-order valence-electron chi connectivity index (χ1n) is 12.3. The molecule has 0 spiro atoms. The molecule has 6 nitrogen and oxygen atoms in total. The van der Waals surface area contributed by atoms with Gasteiger partial charge in [-0.3, -0.25) is 9.89 Å². The molecule has 0 aliphatic carbocycles. The van der Waals surface area contributed by atoms with Crippen LogP contribution in [0.15, 0.2) is 59.6 Å². The van der Waals surface area contributed by atoms with Crippen molar-refractivity contribution in [2.75, 3.05) is 50.8 Å². The van der Waals surface area contributed by atoms with Gasteiger partial charge in [0.05, 0.1) is 41.5 Å². The van der Waals surface area contributed by atoms with Gasteiger partial charge in [0, 0.05) is 32.2 Å². The number of aliphatic hydroxyl groups is 2. The summed E-state index contributed by atoms with van der Waals surface area (Å²) in [6.45, 7) is 2.78. The number of aliphatic imine (C=N–C) groups is 1.